The van der Waals surface area contributed by atoms with Crippen molar-refractivity contribution in [1.82, 2.24) is 4.90 Å². The van der Waals surface area contributed by atoms with Crippen LogP contribution < -0.4 is 0 Å². The average molecular weight is 296 g/mol. The first-order chi connectivity index (χ1) is 10.2. The Morgan fingerprint density at radius 3 is 1.71 bits per heavy atom. The molecule has 1 unspecified atom stereocenters. The van der Waals surface area contributed by atoms with Gasteiger partial charge in [0.2, 0.25) is 0 Å². The summed E-state index contributed by atoms with van der Waals surface area (Å²) in [5.41, 5.74) is 0.588. The topological polar surface area (TPSA) is 3.24 Å². The Morgan fingerprint density at radius 1 is 0.714 bits per heavy atom. The van der Waals surface area contributed by atoms with E-state index in [0.717, 1.165) is 0 Å². The van der Waals surface area contributed by atoms with E-state index in [1.54, 1.807) is 0 Å². The lowest BCUT2D eigenvalue weighted by atomic mass is 9.79. The van der Waals surface area contributed by atoms with Gasteiger partial charge in [-0.15, -0.1) is 0 Å². The van der Waals surface area contributed by atoms with Crippen LogP contribution in [0.4, 0.5) is 0 Å². The zero-order valence-electron chi connectivity index (χ0n) is 15.3. The normalized spacial score (nSPS) is 19.0. The molecular weight excluding hydrogens is 254 g/mol. The van der Waals surface area contributed by atoms with E-state index in [9.17, 15) is 0 Å². The predicted molar refractivity (Wildman–Crippen MR) is 95.9 cm³/mol. The van der Waals surface area contributed by atoms with Crippen molar-refractivity contribution in [2.24, 2.45) is 5.41 Å². The molecule has 0 saturated carbocycles. The summed E-state index contributed by atoms with van der Waals surface area (Å²) in [6.45, 7) is 11.3. The quantitative estimate of drug-likeness (QED) is 0.354. The number of hydrogen-bond donors (Lipinski definition) is 0. The van der Waals surface area contributed by atoms with E-state index in [-0.39, 0.29) is 0 Å². The van der Waals surface area contributed by atoms with Gasteiger partial charge in [-0.2, -0.15) is 0 Å². The Hall–Kier alpha value is -0.0400. The molecule has 0 radical (unpaired) electrons. The van der Waals surface area contributed by atoms with Gasteiger partial charge in [-0.3, -0.25) is 0 Å². The van der Waals surface area contributed by atoms with E-state index in [1.165, 1.54) is 103 Å². The summed E-state index contributed by atoms with van der Waals surface area (Å²) in [6.07, 6.45) is 18.6. The molecule has 0 aromatic carbocycles. The smallest absolute Gasteiger partial charge is 0.00353 e. The van der Waals surface area contributed by atoms with E-state index in [4.69, 9.17) is 0 Å². The molecule has 126 valence electrons. The van der Waals surface area contributed by atoms with Crippen molar-refractivity contribution in [2.75, 3.05) is 19.6 Å². The van der Waals surface area contributed by atoms with Gasteiger partial charge < -0.3 is 4.90 Å². The highest BCUT2D eigenvalue weighted by Crippen LogP contribution is 2.33. The molecular formula is C20H41N. The molecule has 1 nitrogen and oxygen atoms in total. The first kappa shape index (κ1) is 19.0. The van der Waals surface area contributed by atoms with Gasteiger partial charge in [-0.1, -0.05) is 78.6 Å². The van der Waals surface area contributed by atoms with E-state index >= 15 is 0 Å². The Labute approximate surface area is 134 Å². The highest BCUT2D eigenvalue weighted by Gasteiger charge is 2.27. The molecule has 1 rings (SSSR count). The van der Waals surface area contributed by atoms with Gasteiger partial charge in [0.15, 0.2) is 0 Å². The molecule has 0 aliphatic carbocycles. The fourth-order valence-corrected chi connectivity index (χ4v) is 3.90. The van der Waals surface area contributed by atoms with Crippen LogP contribution in [0.1, 0.15) is 104 Å². The van der Waals surface area contributed by atoms with Crippen LogP contribution in [0, 0.1) is 5.41 Å². The molecule has 0 aromatic heterocycles. The summed E-state index contributed by atoms with van der Waals surface area (Å²) in [5.74, 6) is 0. The van der Waals surface area contributed by atoms with Gasteiger partial charge in [-0.05, 0) is 44.2 Å². The largest absolute Gasteiger partial charge is 0.303 e. The number of nitrogens with zero attached hydrogens (tertiary/aromatic N) is 1. The fourth-order valence-electron chi connectivity index (χ4n) is 3.90. The Kier molecular flexibility index (Phi) is 10.4. The molecule has 1 fully saturated rings. The van der Waals surface area contributed by atoms with E-state index < -0.39 is 0 Å². The molecule has 21 heavy (non-hydrogen) atoms. The van der Waals surface area contributed by atoms with Gasteiger partial charge in [-0.25, -0.2) is 0 Å². The summed E-state index contributed by atoms with van der Waals surface area (Å²) in [4.78, 5) is 2.74. The molecule has 0 bridgehead atoms. The molecule has 1 heteroatoms. The number of hydrogen-bond acceptors (Lipinski definition) is 1. The van der Waals surface area contributed by atoms with Gasteiger partial charge in [0, 0.05) is 6.54 Å². The Bertz CT molecular complexity index is 232. The van der Waals surface area contributed by atoms with Crippen LogP contribution in [-0.2, 0) is 0 Å². The maximum Gasteiger partial charge on any atom is 0.00353 e. The molecule has 1 aliphatic heterocycles. The predicted octanol–water partition coefficient (Wildman–Crippen LogP) is 6.42. The summed E-state index contributed by atoms with van der Waals surface area (Å²) in [6, 6.07) is 0. The van der Waals surface area contributed by atoms with Crippen LogP contribution >= 0.6 is 0 Å². The van der Waals surface area contributed by atoms with Crippen LogP contribution in [0.3, 0.4) is 0 Å². The van der Waals surface area contributed by atoms with Gasteiger partial charge in [0.05, 0.1) is 0 Å². The first-order valence-electron chi connectivity index (χ1n) is 9.92. The number of likely N-dealkylation sites (tertiary alicyclic amines) is 1. The zero-order valence-corrected chi connectivity index (χ0v) is 15.3. The summed E-state index contributed by atoms with van der Waals surface area (Å²) < 4.78 is 0. The van der Waals surface area contributed by atoms with Crippen molar-refractivity contribution < 1.29 is 0 Å². The van der Waals surface area contributed by atoms with Gasteiger partial charge in [0.25, 0.3) is 0 Å². The SMILES string of the molecule is CCCCCCCC(C)(CCCCCC)CN1CCCC1. The molecule has 1 aliphatic rings. The fraction of sp³-hybridized carbons (Fsp3) is 1.00. The molecule has 1 heterocycles. The average Bonchev–Trinajstić information content (AvgIpc) is 2.96. The van der Waals surface area contributed by atoms with Crippen LogP contribution in [-0.4, -0.2) is 24.5 Å². The third-order valence-corrected chi connectivity index (χ3v) is 5.32. The zero-order chi connectivity index (χ0) is 15.4. The van der Waals surface area contributed by atoms with E-state index in [1.807, 2.05) is 0 Å². The molecule has 1 atom stereocenters. The van der Waals surface area contributed by atoms with Crippen LogP contribution in [0.5, 0.6) is 0 Å². The third kappa shape index (κ3) is 8.86. The molecule has 1 saturated heterocycles. The van der Waals surface area contributed by atoms with Crippen molar-refractivity contribution in [3.8, 4) is 0 Å². The van der Waals surface area contributed by atoms with Crippen LogP contribution in [0.15, 0.2) is 0 Å². The van der Waals surface area contributed by atoms with Crippen LogP contribution in [0.25, 0.3) is 0 Å². The highest BCUT2D eigenvalue weighted by molar-refractivity contribution is 4.81. The lowest BCUT2D eigenvalue weighted by molar-refractivity contribution is 0.158. The van der Waals surface area contributed by atoms with Crippen molar-refractivity contribution in [3.05, 3.63) is 0 Å². The third-order valence-electron chi connectivity index (χ3n) is 5.32. The number of rotatable bonds is 13. The maximum atomic E-state index is 2.74. The molecule has 0 amide bonds. The van der Waals surface area contributed by atoms with Gasteiger partial charge >= 0.3 is 0 Å². The lowest BCUT2D eigenvalue weighted by Crippen LogP contribution is -2.34. The van der Waals surface area contributed by atoms with Crippen molar-refractivity contribution in [3.63, 3.8) is 0 Å². The molecule has 0 spiro atoms. The Morgan fingerprint density at radius 2 is 1.19 bits per heavy atom. The second kappa shape index (κ2) is 11.5. The monoisotopic (exact) mass is 295 g/mol. The number of unbranched alkanes of at least 4 members (excludes halogenated alkanes) is 7. The van der Waals surface area contributed by atoms with Crippen molar-refractivity contribution in [2.45, 2.75) is 104 Å². The summed E-state index contributed by atoms with van der Waals surface area (Å²) in [5, 5.41) is 0. The van der Waals surface area contributed by atoms with Crippen LogP contribution in [0.2, 0.25) is 0 Å². The minimum absolute atomic E-state index is 0.588. The summed E-state index contributed by atoms with van der Waals surface area (Å²) >= 11 is 0. The molecule has 0 N–H and O–H groups in total. The minimum Gasteiger partial charge on any atom is -0.303 e. The minimum atomic E-state index is 0.588. The maximum absolute atomic E-state index is 2.74. The second-order valence-electron chi connectivity index (χ2n) is 7.77. The standard InChI is InChI=1S/C20H41N/c1-4-6-8-10-12-16-20(3,15-11-9-7-5-2)19-21-17-13-14-18-21/h4-19H2,1-3H3. The highest BCUT2D eigenvalue weighted by atomic mass is 15.1. The second-order valence-corrected chi connectivity index (χ2v) is 7.77. The van der Waals surface area contributed by atoms with Crippen molar-refractivity contribution >= 4 is 0 Å². The first-order valence-corrected chi connectivity index (χ1v) is 9.92. The van der Waals surface area contributed by atoms with Gasteiger partial charge in [0.1, 0.15) is 0 Å². The van der Waals surface area contributed by atoms with Crippen molar-refractivity contribution in [1.29, 1.82) is 0 Å². The van der Waals surface area contributed by atoms with E-state index in [0.29, 0.717) is 5.41 Å². The Balaban J connectivity index is 2.31. The summed E-state index contributed by atoms with van der Waals surface area (Å²) in [7, 11) is 0. The lowest BCUT2D eigenvalue weighted by Gasteiger charge is -2.34. The molecule has 0 aromatic rings. The van der Waals surface area contributed by atoms with E-state index in [2.05, 4.69) is 25.7 Å².